The maximum absolute atomic E-state index is 12.3. The van der Waals surface area contributed by atoms with Gasteiger partial charge in [0.1, 0.15) is 0 Å². The first-order chi connectivity index (χ1) is 10.7. The highest BCUT2D eigenvalue weighted by Crippen LogP contribution is 2.20. The number of carbonyl (C=O) groups excluding carboxylic acids is 2. The third kappa shape index (κ3) is 7.09. The smallest absolute Gasteiger partial charge is 0.245 e. The van der Waals surface area contributed by atoms with E-state index in [0.29, 0.717) is 18.1 Å². The van der Waals surface area contributed by atoms with E-state index in [4.69, 9.17) is 0 Å². The Kier molecular flexibility index (Phi) is 7.64. The van der Waals surface area contributed by atoms with Gasteiger partial charge in [0.05, 0.1) is 12.2 Å². The molecule has 0 aliphatic heterocycles. The molecule has 1 N–H and O–H groups in total. The molecule has 0 unspecified atom stereocenters. The van der Waals surface area contributed by atoms with Crippen molar-refractivity contribution in [3.05, 3.63) is 10.6 Å². The van der Waals surface area contributed by atoms with E-state index < -0.39 is 0 Å². The lowest BCUT2D eigenvalue weighted by atomic mass is 10.1. The molecule has 0 saturated heterocycles. The van der Waals surface area contributed by atoms with Gasteiger partial charge in [-0.1, -0.05) is 13.8 Å². The first-order valence-corrected chi connectivity index (χ1v) is 8.67. The van der Waals surface area contributed by atoms with Crippen molar-refractivity contribution >= 4 is 28.3 Å². The van der Waals surface area contributed by atoms with E-state index in [0.717, 1.165) is 17.1 Å². The fraction of sp³-hybridized carbons (Fsp3) is 0.688. The van der Waals surface area contributed by atoms with E-state index in [-0.39, 0.29) is 24.3 Å². The fourth-order valence-corrected chi connectivity index (χ4v) is 2.78. The highest BCUT2D eigenvalue weighted by atomic mass is 32.1. The number of anilines is 1. The molecule has 0 radical (unpaired) electrons. The van der Waals surface area contributed by atoms with Crippen LogP contribution in [0.25, 0.3) is 0 Å². The second-order valence-electron chi connectivity index (χ2n) is 6.43. The van der Waals surface area contributed by atoms with Crippen molar-refractivity contribution in [3.63, 3.8) is 0 Å². The number of carbonyl (C=O) groups is 2. The molecule has 0 atom stereocenters. The van der Waals surface area contributed by atoms with Crippen LogP contribution in [-0.2, 0) is 9.59 Å². The summed E-state index contributed by atoms with van der Waals surface area (Å²) in [5.41, 5.74) is 0.922. The van der Waals surface area contributed by atoms with Crippen LogP contribution >= 0.6 is 11.3 Å². The van der Waals surface area contributed by atoms with Crippen LogP contribution in [0.4, 0.5) is 5.13 Å². The van der Waals surface area contributed by atoms with E-state index in [1.54, 1.807) is 4.90 Å². The number of amides is 2. The maximum atomic E-state index is 12.3. The van der Waals surface area contributed by atoms with Crippen molar-refractivity contribution in [1.29, 1.82) is 0 Å². The Morgan fingerprint density at radius 1 is 1.22 bits per heavy atom. The molecule has 1 aromatic heterocycles. The maximum Gasteiger partial charge on any atom is 0.245 e. The van der Waals surface area contributed by atoms with Crippen molar-refractivity contribution in [2.24, 2.45) is 5.92 Å². The SMILES string of the molecule is Cc1nc(NC(=O)CN(CCN(C)C)C(=O)CC(C)C)sc1C. The van der Waals surface area contributed by atoms with E-state index in [2.05, 4.69) is 10.3 Å². The molecule has 0 aromatic carbocycles. The zero-order chi connectivity index (χ0) is 17.6. The molecule has 0 bridgehead atoms. The van der Waals surface area contributed by atoms with Gasteiger partial charge in [0.2, 0.25) is 11.8 Å². The number of aromatic nitrogens is 1. The number of thiazole rings is 1. The standard InChI is InChI=1S/C16H28N4O2S/c1-11(2)9-15(22)20(8-7-19(5)6)10-14(21)18-16-17-12(3)13(4)23-16/h11H,7-10H2,1-6H3,(H,17,18,21). The molecule has 0 spiro atoms. The molecule has 130 valence electrons. The predicted molar refractivity (Wildman–Crippen MR) is 94.8 cm³/mol. The third-order valence-corrected chi connectivity index (χ3v) is 4.35. The lowest BCUT2D eigenvalue weighted by molar-refractivity contribution is -0.135. The molecular weight excluding hydrogens is 312 g/mol. The van der Waals surface area contributed by atoms with Crippen LogP contribution < -0.4 is 5.32 Å². The Morgan fingerprint density at radius 3 is 2.35 bits per heavy atom. The summed E-state index contributed by atoms with van der Waals surface area (Å²) in [5, 5.41) is 3.38. The number of aryl methyl sites for hydroxylation is 2. The zero-order valence-corrected chi connectivity index (χ0v) is 15.8. The largest absolute Gasteiger partial charge is 0.332 e. The zero-order valence-electron chi connectivity index (χ0n) is 15.0. The van der Waals surface area contributed by atoms with Crippen LogP contribution in [-0.4, -0.2) is 60.3 Å². The minimum absolute atomic E-state index is 0.0171. The second kappa shape index (κ2) is 8.98. The van der Waals surface area contributed by atoms with Gasteiger partial charge >= 0.3 is 0 Å². The van der Waals surface area contributed by atoms with Crippen molar-refractivity contribution in [2.45, 2.75) is 34.1 Å². The highest BCUT2D eigenvalue weighted by Gasteiger charge is 2.19. The van der Waals surface area contributed by atoms with Gasteiger partial charge in [-0.15, -0.1) is 11.3 Å². The van der Waals surface area contributed by atoms with Crippen LogP contribution in [0.5, 0.6) is 0 Å². The first-order valence-electron chi connectivity index (χ1n) is 7.85. The lowest BCUT2D eigenvalue weighted by Gasteiger charge is -2.24. The number of hydrogen-bond donors (Lipinski definition) is 1. The third-order valence-electron chi connectivity index (χ3n) is 3.36. The van der Waals surface area contributed by atoms with Crippen LogP contribution in [0, 0.1) is 19.8 Å². The molecule has 0 saturated carbocycles. The minimum atomic E-state index is -0.199. The normalized spacial score (nSPS) is 11.1. The number of nitrogens with one attached hydrogen (secondary N) is 1. The van der Waals surface area contributed by atoms with E-state index in [1.165, 1.54) is 11.3 Å². The van der Waals surface area contributed by atoms with Crippen LogP contribution in [0.15, 0.2) is 0 Å². The monoisotopic (exact) mass is 340 g/mol. The summed E-state index contributed by atoms with van der Waals surface area (Å²) >= 11 is 1.45. The molecule has 0 fully saturated rings. The summed E-state index contributed by atoms with van der Waals surface area (Å²) < 4.78 is 0. The van der Waals surface area contributed by atoms with Gasteiger partial charge in [-0.05, 0) is 33.9 Å². The van der Waals surface area contributed by atoms with Gasteiger partial charge in [0, 0.05) is 24.4 Å². The molecule has 1 aromatic rings. The Balaban J connectivity index is 2.66. The van der Waals surface area contributed by atoms with Crippen molar-refractivity contribution in [2.75, 3.05) is 39.0 Å². The van der Waals surface area contributed by atoms with Gasteiger partial charge < -0.3 is 15.1 Å². The van der Waals surface area contributed by atoms with Crippen LogP contribution in [0.3, 0.4) is 0 Å². The molecule has 0 aliphatic carbocycles. The van der Waals surface area contributed by atoms with Gasteiger partial charge in [0.25, 0.3) is 0 Å². The molecule has 1 heterocycles. The van der Waals surface area contributed by atoms with Gasteiger partial charge in [-0.2, -0.15) is 0 Å². The number of nitrogens with zero attached hydrogens (tertiary/aromatic N) is 3. The second-order valence-corrected chi connectivity index (χ2v) is 7.63. The Labute approximate surface area is 142 Å². The molecule has 6 nitrogen and oxygen atoms in total. The van der Waals surface area contributed by atoms with Gasteiger partial charge in [-0.25, -0.2) is 4.98 Å². The summed E-state index contributed by atoms with van der Waals surface area (Å²) in [5.74, 6) is 0.0924. The average Bonchev–Trinajstić information content (AvgIpc) is 2.71. The predicted octanol–water partition coefficient (Wildman–Crippen LogP) is 2.13. The fourth-order valence-electron chi connectivity index (χ4n) is 1.95. The van der Waals surface area contributed by atoms with Crippen molar-refractivity contribution in [1.82, 2.24) is 14.8 Å². The van der Waals surface area contributed by atoms with E-state index in [1.807, 2.05) is 46.7 Å². The summed E-state index contributed by atoms with van der Waals surface area (Å²) in [6.45, 7) is 9.23. The molecule has 7 heteroatoms. The number of likely N-dealkylation sites (N-methyl/N-ethyl adjacent to an activating group) is 1. The summed E-state index contributed by atoms with van der Waals surface area (Å²) in [7, 11) is 3.90. The molecular formula is C16H28N4O2S. The Morgan fingerprint density at radius 2 is 1.87 bits per heavy atom. The summed E-state index contributed by atoms with van der Waals surface area (Å²) in [4.78, 5) is 33.6. The number of rotatable bonds is 8. The summed E-state index contributed by atoms with van der Waals surface area (Å²) in [6, 6.07) is 0. The Hall–Kier alpha value is -1.47. The van der Waals surface area contributed by atoms with Gasteiger partial charge in [0.15, 0.2) is 5.13 Å². The minimum Gasteiger partial charge on any atom is -0.332 e. The quantitative estimate of drug-likeness (QED) is 0.787. The average molecular weight is 340 g/mol. The molecule has 23 heavy (non-hydrogen) atoms. The van der Waals surface area contributed by atoms with Gasteiger partial charge in [-0.3, -0.25) is 9.59 Å². The topological polar surface area (TPSA) is 65.5 Å². The molecule has 2 amide bonds. The Bertz CT molecular complexity index is 521. The number of hydrogen-bond acceptors (Lipinski definition) is 5. The summed E-state index contributed by atoms with van der Waals surface area (Å²) in [6.07, 6.45) is 0.455. The van der Waals surface area contributed by atoms with Crippen molar-refractivity contribution in [3.8, 4) is 0 Å². The lowest BCUT2D eigenvalue weighted by Crippen LogP contribution is -2.42. The highest BCUT2D eigenvalue weighted by molar-refractivity contribution is 7.15. The van der Waals surface area contributed by atoms with E-state index in [9.17, 15) is 9.59 Å². The van der Waals surface area contributed by atoms with Crippen LogP contribution in [0.2, 0.25) is 0 Å². The first kappa shape index (κ1) is 19.6. The van der Waals surface area contributed by atoms with Crippen molar-refractivity contribution < 1.29 is 9.59 Å². The van der Waals surface area contributed by atoms with Crippen LogP contribution in [0.1, 0.15) is 30.8 Å². The molecule has 0 aliphatic rings. The molecule has 1 rings (SSSR count). The van der Waals surface area contributed by atoms with E-state index >= 15 is 0 Å².